The summed E-state index contributed by atoms with van der Waals surface area (Å²) in [6.45, 7) is 11.7. The van der Waals surface area contributed by atoms with Crippen molar-refractivity contribution in [3.63, 3.8) is 0 Å². The Morgan fingerprint density at radius 3 is 2.55 bits per heavy atom. The Hall–Kier alpha value is -1.09. The summed E-state index contributed by atoms with van der Waals surface area (Å²) >= 11 is 0. The first kappa shape index (κ1) is 15.8. The van der Waals surface area contributed by atoms with Crippen LogP contribution < -0.4 is 4.90 Å². The van der Waals surface area contributed by atoms with Crippen LogP contribution in [0.3, 0.4) is 0 Å². The third-order valence-electron chi connectivity index (χ3n) is 5.14. The molecule has 3 heteroatoms. The summed E-state index contributed by atoms with van der Waals surface area (Å²) in [5, 5.41) is 0. The van der Waals surface area contributed by atoms with Gasteiger partial charge in [0.15, 0.2) is 0 Å². The molecule has 3 rings (SSSR count). The zero-order valence-electron chi connectivity index (χ0n) is 14.5. The third kappa shape index (κ3) is 3.45. The van der Waals surface area contributed by atoms with Crippen LogP contribution in [-0.4, -0.2) is 36.1 Å². The predicted molar refractivity (Wildman–Crippen MR) is 93.4 cm³/mol. The lowest BCUT2D eigenvalue weighted by molar-refractivity contribution is 0.131. The average Bonchev–Trinajstić information content (AvgIpc) is 3.02. The maximum atomic E-state index is 4.81. The van der Waals surface area contributed by atoms with Crippen molar-refractivity contribution in [1.82, 2.24) is 9.88 Å². The first-order chi connectivity index (χ1) is 10.6. The molecular weight excluding hydrogens is 270 g/mol. The van der Waals surface area contributed by atoms with Crippen LogP contribution in [0.4, 0.5) is 5.82 Å². The maximum absolute atomic E-state index is 4.81. The van der Waals surface area contributed by atoms with Crippen molar-refractivity contribution >= 4 is 5.82 Å². The molecule has 2 aliphatic heterocycles. The van der Waals surface area contributed by atoms with Crippen LogP contribution in [0, 0.1) is 12.8 Å². The highest BCUT2D eigenvalue weighted by atomic mass is 15.2. The Morgan fingerprint density at radius 1 is 1.14 bits per heavy atom. The van der Waals surface area contributed by atoms with Gasteiger partial charge < -0.3 is 4.90 Å². The molecule has 0 unspecified atom stereocenters. The molecule has 0 spiro atoms. The van der Waals surface area contributed by atoms with E-state index < -0.39 is 0 Å². The topological polar surface area (TPSA) is 19.4 Å². The number of hydrogen-bond acceptors (Lipinski definition) is 3. The number of piperidine rings is 1. The summed E-state index contributed by atoms with van der Waals surface area (Å²) in [7, 11) is 0. The van der Waals surface area contributed by atoms with Gasteiger partial charge in [0.05, 0.1) is 0 Å². The van der Waals surface area contributed by atoms with E-state index in [1.54, 1.807) is 0 Å². The van der Waals surface area contributed by atoms with Crippen LogP contribution in [0.5, 0.6) is 0 Å². The molecule has 0 aliphatic carbocycles. The Bertz CT molecular complexity index is 491. The van der Waals surface area contributed by atoms with Gasteiger partial charge in [0.1, 0.15) is 5.82 Å². The molecule has 2 fully saturated rings. The highest BCUT2D eigenvalue weighted by molar-refractivity contribution is 5.45. The number of aryl methyl sites for hydroxylation is 1. The molecular formula is C19H31N3. The van der Waals surface area contributed by atoms with Crippen molar-refractivity contribution in [3.8, 4) is 0 Å². The fourth-order valence-corrected chi connectivity index (χ4v) is 4.05. The second-order valence-electron chi connectivity index (χ2n) is 7.49. The SMILES string of the molecule is Cc1cc(N2CCCC2)ncc1[C@H]1CCCCN1CC(C)C. The van der Waals surface area contributed by atoms with E-state index in [-0.39, 0.29) is 0 Å². The van der Waals surface area contributed by atoms with Crippen molar-refractivity contribution in [3.05, 3.63) is 23.4 Å². The molecule has 1 aromatic heterocycles. The summed E-state index contributed by atoms with van der Waals surface area (Å²) in [6, 6.07) is 2.90. The summed E-state index contributed by atoms with van der Waals surface area (Å²) in [5.41, 5.74) is 2.89. The van der Waals surface area contributed by atoms with Crippen LogP contribution in [0.1, 0.15) is 63.1 Å². The van der Waals surface area contributed by atoms with Crippen molar-refractivity contribution in [2.45, 2.75) is 58.9 Å². The minimum atomic E-state index is 0.580. The largest absolute Gasteiger partial charge is 0.357 e. The smallest absolute Gasteiger partial charge is 0.128 e. The second-order valence-corrected chi connectivity index (χ2v) is 7.49. The molecule has 1 aromatic rings. The number of rotatable bonds is 4. The van der Waals surface area contributed by atoms with Gasteiger partial charge in [-0.1, -0.05) is 20.3 Å². The molecule has 122 valence electrons. The minimum Gasteiger partial charge on any atom is -0.357 e. The lowest BCUT2D eigenvalue weighted by Crippen LogP contribution is -2.36. The minimum absolute atomic E-state index is 0.580. The number of nitrogens with zero attached hydrogens (tertiary/aromatic N) is 3. The Labute approximate surface area is 135 Å². The summed E-state index contributed by atoms with van der Waals surface area (Å²) in [5.74, 6) is 1.92. The van der Waals surface area contributed by atoms with Gasteiger partial charge in [-0.2, -0.15) is 0 Å². The van der Waals surface area contributed by atoms with E-state index >= 15 is 0 Å². The monoisotopic (exact) mass is 301 g/mol. The van der Waals surface area contributed by atoms with E-state index in [1.807, 2.05) is 0 Å². The van der Waals surface area contributed by atoms with E-state index in [0.29, 0.717) is 6.04 Å². The molecule has 3 heterocycles. The van der Waals surface area contributed by atoms with Crippen molar-refractivity contribution in [2.75, 3.05) is 31.1 Å². The molecule has 2 saturated heterocycles. The Kier molecular flexibility index (Phi) is 5.02. The normalized spacial score (nSPS) is 23.5. The summed E-state index contributed by atoms with van der Waals surface area (Å²) in [4.78, 5) is 9.93. The van der Waals surface area contributed by atoms with Gasteiger partial charge in [-0.25, -0.2) is 4.98 Å². The molecule has 0 saturated carbocycles. The van der Waals surface area contributed by atoms with Gasteiger partial charge in [-0.15, -0.1) is 0 Å². The molecule has 0 bridgehead atoms. The molecule has 3 nitrogen and oxygen atoms in total. The van der Waals surface area contributed by atoms with Crippen molar-refractivity contribution in [2.24, 2.45) is 5.92 Å². The number of pyridine rings is 1. The summed E-state index contributed by atoms with van der Waals surface area (Å²) < 4.78 is 0. The fourth-order valence-electron chi connectivity index (χ4n) is 4.05. The molecule has 0 aromatic carbocycles. The molecule has 0 N–H and O–H groups in total. The first-order valence-corrected chi connectivity index (χ1v) is 9.10. The number of likely N-dealkylation sites (tertiary alicyclic amines) is 1. The van der Waals surface area contributed by atoms with Crippen LogP contribution in [0.2, 0.25) is 0 Å². The first-order valence-electron chi connectivity index (χ1n) is 9.10. The van der Waals surface area contributed by atoms with Crippen LogP contribution in [0.15, 0.2) is 12.3 Å². The third-order valence-corrected chi connectivity index (χ3v) is 5.14. The van der Waals surface area contributed by atoms with E-state index in [1.165, 1.54) is 75.2 Å². The van der Waals surface area contributed by atoms with Gasteiger partial charge in [-0.3, -0.25) is 4.90 Å². The van der Waals surface area contributed by atoms with Crippen LogP contribution >= 0.6 is 0 Å². The quantitative estimate of drug-likeness (QED) is 0.832. The highest BCUT2D eigenvalue weighted by Crippen LogP contribution is 2.34. The molecule has 2 aliphatic rings. The molecule has 22 heavy (non-hydrogen) atoms. The van der Waals surface area contributed by atoms with Gasteiger partial charge in [0.25, 0.3) is 0 Å². The predicted octanol–water partition coefficient (Wildman–Crippen LogP) is 4.17. The number of hydrogen-bond donors (Lipinski definition) is 0. The molecule has 0 radical (unpaired) electrons. The van der Waals surface area contributed by atoms with E-state index in [2.05, 4.69) is 42.8 Å². The van der Waals surface area contributed by atoms with E-state index in [4.69, 9.17) is 4.98 Å². The Morgan fingerprint density at radius 2 is 1.86 bits per heavy atom. The standard InChI is InChI=1S/C19H31N3/c1-15(2)14-22-11-5-4-8-18(22)17-13-20-19(12-16(17)3)21-9-6-7-10-21/h12-13,15,18H,4-11,14H2,1-3H3/t18-/m1/s1. The van der Waals surface area contributed by atoms with Gasteiger partial charge in [-0.05, 0) is 62.3 Å². The van der Waals surface area contributed by atoms with Crippen molar-refractivity contribution < 1.29 is 0 Å². The lowest BCUT2D eigenvalue weighted by Gasteiger charge is -2.37. The maximum Gasteiger partial charge on any atom is 0.128 e. The van der Waals surface area contributed by atoms with Gasteiger partial charge in [0, 0.05) is 31.9 Å². The second kappa shape index (κ2) is 6.99. The van der Waals surface area contributed by atoms with Gasteiger partial charge >= 0.3 is 0 Å². The van der Waals surface area contributed by atoms with E-state index in [9.17, 15) is 0 Å². The van der Waals surface area contributed by atoms with Gasteiger partial charge in [0.2, 0.25) is 0 Å². The van der Waals surface area contributed by atoms with Crippen LogP contribution in [0.25, 0.3) is 0 Å². The Balaban J connectivity index is 1.80. The lowest BCUT2D eigenvalue weighted by atomic mass is 9.92. The molecule has 1 atom stereocenters. The fraction of sp³-hybridized carbons (Fsp3) is 0.737. The molecule has 0 amide bonds. The summed E-state index contributed by atoms with van der Waals surface area (Å²) in [6.07, 6.45) is 8.79. The van der Waals surface area contributed by atoms with Crippen molar-refractivity contribution in [1.29, 1.82) is 0 Å². The zero-order valence-corrected chi connectivity index (χ0v) is 14.5. The van der Waals surface area contributed by atoms with Crippen LogP contribution in [-0.2, 0) is 0 Å². The highest BCUT2D eigenvalue weighted by Gasteiger charge is 2.26. The number of anilines is 1. The number of aromatic nitrogens is 1. The average molecular weight is 301 g/mol. The zero-order chi connectivity index (χ0) is 15.5. The van der Waals surface area contributed by atoms with E-state index in [0.717, 1.165) is 5.92 Å².